The molecule has 2 rings (SSSR count). The quantitative estimate of drug-likeness (QED) is 0.832. The average molecular weight is 325 g/mol. The topological polar surface area (TPSA) is 66.5 Å². The molecule has 1 aliphatic heterocycles. The summed E-state index contributed by atoms with van der Waals surface area (Å²) in [7, 11) is 1.42. The zero-order valence-corrected chi connectivity index (χ0v) is 12.2. The number of nitrogens with one attached hydrogen (secondary N) is 1. The van der Waals surface area contributed by atoms with Gasteiger partial charge in [-0.3, -0.25) is 19.3 Å². The van der Waals surface area contributed by atoms with Crippen molar-refractivity contribution in [3.05, 3.63) is 33.8 Å². The number of nitrogens with zero attached hydrogens (tertiary/aromatic N) is 1. The molecule has 0 radical (unpaired) electrons. The highest BCUT2D eigenvalue weighted by Crippen LogP contribution is 2.20. The lowest BCUT2D eigenvalue weighted by Crippen LogP contribution is -2.40. The summed E-state index contributed by atoms with van der Waals surface area (Å²) in [5.74, 6) is -0.993. The van der Waals surface area contributed by atoms with Crippen molar-refractivity contribution in [3.63, 3.8) is 0 Å². The van der Waals surface area contributed by atoms with Crippen LogP contribution in [-0.4, -0.2) is 35.7 Å². The van der Waals surface area contributed by atoms with Crippen LogP contribution in [0.2, 0.25) is 0 Å². The number of hydrogen-bond donors (Lipinski definition) is 1. The van der Waals surface area contributed by atoms with E-state index in [0.29, 0.717) is 5.56 Å². The molecule has 0 bridgehead atoms. The zero-order chi connectivity index (χ0) is 14.2. The summed E-state index contributed by atoms with van der Waals surface area (Å²) in [4.78, 5) is 36.3. The van der Waals surface area contributed by atoms with Gasteiger partial charge in [-0.15, -0.1) is 0 Å². The van der Waals surface area contributed by atoms with E-state index in [2.05, 4.69) is 21.2 Å². The van der Waals surface area contributed by atoms with Crippen molar-refractivity contribution < 1.29 is 14.4 Å². The fourth-order valence-corrected chi connectivity index (χ4v) is 2.32. The highest BCUT2D eigenvalue weighted by molar-refractivity contribution is 9.10. The van der Waals surface area contributed by atoms with Gasteiger partial charge in [-0.05, 0) is 24.6 Å². The van der Waals surface area contributed by atoms with Crippen molar-refractivity contribution in [3.8, 4) is 0 Å². The van der Waals surface area contributed by atoms with E-state index >= 15 is 0 Å². The third kappa shape index (κ3) is 2.53. The van der Waals surface area contributed by atoms with E-state index in [1.165, 1.54) is 7.05 Å². The first-order valence-corrected chi connectivity index (χ1v) is 6.57. The minimum atomic E-state index is -0.761. The van der Waals surface area contributed by atoms with Gasteiger partial charge in [-0.2, -0.15) is 0 Å². The van der Waals surface area contributed by atoms with Gasteiger partial charge in [0.25, 0.3) is 11.8 Å². The van der Waals surface area contributed by atoms with Crippen molar-refractivity contribution in [1.29, 1.82) is 0 Å². The van der Waals surface area contributed by atoms with Gasteiger partial charge in [-0.25, -0.2) is 0 Å². The Kier molecular flexibility index (Phi) is 3.71. The van der Waals surface area contributed by atoms with Crippen LogP contribution in [-0.2, 0) is 9.59 Å². The number of amides is 3. The predicted molar refractivity (Wildman–Crippen MR) is 72.5 cm³/mol. The van der Waals surface area contributed by atoms with Crippen LogP contribution < -0.4 is 5.32 Å². The molecule has 3 amide bonds. The molecule has 1 N–H and O–H groups in total. The first kappa shape index (κ1) is 13.7. The lowest BCUT2D eigenvalue weighted by molar-refractivity contribution is -0.137. The van der Waals surface area contributed by atoms with E-state index in [9.17, 15) is 14.4 Å². The minimum Gasteiger partial charge on any atom is -0.340 e. The van der Waals surface area contributed by atoms with Crippen LogP contribution in [0.5, 0.6) is 0 Å². The number of carbonyl (C=O) groups excluding carboxylic acids is 3. The smallest absolute Gasteiger partial charge is 0.252 e. The van der Waals surface area contributed by atoms with Gasteiger partial charge in [0, 0.05) is 17.1 Å². The molecule has 1 aliphatic rings. The van der Waals surface area contributed by atoms with E-state index in [1.807, 2.05) is 13.0 Å². The van der Waals surface area contributed by atoms with Crippen LogP contribution in [0.4, 0.5) is 0 Å². The molecule has 0 saturated carbocycles. The van der Waals surface area contributed by atoms with Crippen molar-refractivity contribution in [1.82, 2.24) is 10.2 Å². The molecule has 1 aromatic rings. The second-order valence-electron chi connectivity index (χ2n) is 4.43. The van der Waals surface area contributed by atoms with E-state index < -0.39 is 6.04 Å². The molecule has 0 aromatic heterocycles. The Labute approximate surface area is 119 Å². The lowest BCUT2D eigenvalue weighted by atomic mass is 10.1. The predicted octanol–water partition coefficient (Wildman–Crippen LogP) is 1.24. The van der Waals surface area contributed by atoms with Crippen molar-refractivity contribution >= 4 is 33.7 Å². The van der Waals surface area contributed by atoms with Gasteiger partial charge in [0.15, 0.2) is 0 Å². The highest BCUT2D eigenvalue weighted by Gasteiger charge is 2.37. The summed E-state index contributed by atoms with van der Waals surface area (Å²) in [6, 6.07) is 4.51. The Bertz CT molecular complexity index is 571. The number of imide groups is 1. The second kappa shape index (κ2) is 5.13. The van der Waals surface area contributed by atoms with Crippen LogP contribution in [0.1, 0.15) is 22.3 Å². The summed E-state index contributed by atoms with van der Waals surface area (Å²) >= 11 is 3.35. The number of likely N-dealkylation sites (N-methyl/N-ethyl adjacent to an activating group) is 1. The number of likely N-dealkylation sites (tertiary alicyclic amines) is 1. The number of carbonyl (C=O) groups is 3. The SMILES string of the molecule is Cc1c(Br)cccc1C(=O)NC1CC(=O)N(C)C1=O. The van der Waals surface area contributed by atoms with Crippen LogP contribution in [0, 0.1) is 6.92 Å². The van der Waals surface area contributed by atoms with E-state index in [-0.39, 0.29) is 24.1 Å². The monoisotopic (exact) mass is 324 g/mol. The molecule has 0 spiro atoms. The molecule has 0 aliphatic carbocycles. The molecular formula is C13H13BrN2O3. The number of rotatable bonds is 2. The van der Waals surface area contributed by atoms with Crippen molar-refractivity contribution in [2.75, 3.05) is 7.05 Å². The highest BCUT2D eigenvalue weighted by atomic mass is 79.9. The summed E-state index contributed by atoms with van der Waals surface area (Å²) < 4.78 is 0.825. The normalized spacial score (nSPS) is 18.9. The molecule has 1 atom stereocenters. The third-order valence-electron chi connectivity index (χ3n) is 3.20. The molecule has 1 fully saturated rings. The number of hydrogen-bond acceptors (Lipinski definition) is 3. The van der Waals surface area contributed by atoms with E-state index in [1.54, 1.807) is 12.1 Å². The maximum atomic E-state index is 12.1. The maximum absolute atomic E-state index is 12.1. The number of benzene rings is 1. The van der Waals surface area contributed by atoms with Gasteiger partial charge < -0.3 is 5.32 Å². The average Bonchev–Trinajstić information content (AvgIpc) is 2.60. The van der Waals surface area contributed by atoms with Crippen molar-refractivity contribution in [2.45, 2.75) is 19.4 Å². The number of halogens is 1. The minimum absolute atomic E-state index is 0.0219. The maximum Gasteiger partial charge on any atom is 0.252 e. The fraction of sp³-hybridized carbons (Fsp3) is 0.308. The Morgan fingerprint density at radius 2 is 2.11 bits per heavy atom. The standard InChI is InChI=1S/C13H13BrN2O3/c1-7-8(4-3-5-9(7)14)12(18)15-10-6-11(17)16(2)13(10)19/h3-5,10H,6H2,1-2H3,(H,15,18). The summed E-state index contributed by atoms with van der Waals surface area (Å²) in [5.41, 5.74) is 1.29. The van der Waals surface area contributed by atoms with Gasteiger partial charge in [0.05, 0.1) is 6.42 Å². The Balaban J connectivity index is 2.16. The Morgan fingerprint density at radius 3 is 2.68 bits per heavy atom. The lowest BCUT2D eigenvalue weighted by Gasteiger charge is -2.12. The molecule has 100 valence electrons. The second-order valence-corrected chi connectivity index (χ2v) is 5.29. The Morgan fingerprint density at radius 1 is 1.42 bits per heavy atom. The molecule has 1 saturated heterocycles. The van der Waals surface area contributed by atoms with Gasteiger partial charge >= 0.3 is 0 Å². The zero-order valence-electron chi connectivity index (χ0n) is 10.6. The molecule has 5 nitrogen and oxygen atoms in total. The molecule has 1 heterocycles. The van der Waals surface area contributed by atoms with Crippen LogP contribution in [0.25, 0.3) is 0 Å². The first-order valence-electron chi connectivity index (χ1n) is 5.78. The van der Waals surface area contributed by atoms with E-state index in [0.717, 1.165) is 14.9 Å². The van der Waals surface area contributed by atoms with Crippen molar-refractivity contribution in [2.24, 2.45) is 0 Å². The van der Waals surface area contributed by atoms with Crippen LogP contribution in [0.15, 0.2) is 22.7 Å². The summed E-state index contributed by atoms with van der Waals surface area (Å²) in [6.07, 6.45) is 0.0219. The molecular weight excluding hydrogens is 312 g/mol. The third-order valence-corrected chi connectivity index (χ3v) is 4.06. The van der Waals surface area contributed by atoms with E-state index in [4.69, 9.17) is 0 Å². The molecule has 1 unspecified atom stereocenters. The fourth-order valence-electron chi connectivity index (χ4n) is 1.96. The largest absolute Gasteiger partial charge is 0.340 e. The first-order chi connectivity index (χ1) is 8.91. The summed E-state index contributed by atoms with van der Waals surface area (Å²) in [5, 5.41) is 2.60. The van der Waals surface area contributed by atoms with Gasteiger partial charge in [0.2, 0.25) is 5.91 Å². The molecule has 1 aromatic carbocycles. The summed E-state index contributed by atoms with van der Waals surface area (Å²) in [6.45, 7) is 1.81. The van der Waals surface area contributed by atoms with Crippen LogP contribution in [0.3, 0.4) is 0 Å². The van der Waals surface area contributed by atoms with Gasteiger partial charge in [0.1, 0.15) is 6.04 Å². The molecule has 6 heteroatoms. The van der Waals surface area contributed by atoms with Gasteiger partial charge in [-0.1, -0.05) is 22.0 Å². The van der Waals surface area contributed by atoms with Crippen LogP contribution >= 0.6 is 15.9 Å². The molecule has 19 heavy (non-hydrogen) atoms. The Hall–Kier alpha value is -1.69.